The summed E-state index contributed by atoms with van der Waals surface area (Å²) in [5.41, 5.74) is 5.57. The maximum atomic E-state index is 11.7. The third-order valence-electron chi connectivity index (χ3n) is 2.91. The Morgan fingerprint density at radius 1 is 1.72 bits per heavy atom. The van der Waals surface area contributed by atoms with Crippen LogP contribution in [0.5, 0.6) is 0 Å². The lowest BCUT2D eigenvalue weighted by Crippen LogP contribution is -2.43. The van der Waals surface area contributed by atoms with Crippen molar-refractivity contribution in [2.24, 2.45) is 11.7 Å². The molecule has 1 amide bonds. The van der Waals surface area contributed by atoms with Gasteiger partial charge >= 0.3 is 5.82 Å². The molecule has 8 heteroatoms. The zero-order chi connectivity index (χ0) is 13.1. The summed E-state index contributed by atoms with van der Waals surface area (Å²) in [6.45, 7) is 0.382. The Hall–Kier alpha value is -1.96. The van der Waals surface area contributed by atoms with Crippen molar-refractivity contribution in [3.8, 4) is 0 Å². The number of amides is 1. The van der Waals surface area contributed by atoms with E-state index in [1.807, 2.05) is 0 Å². The molecule has 1 atom stereocenters. The van der Waals surface area contributed by atoms with Gasteiger partial charge in [0.15, 0.2) is 0 Å². The molecule has 8 nitrogen and oxygen atoms in total. The van der Waals surface area contributed by atoms with Crippen LogP contribution < -0.4 is 11.1 Å². The second kappa shape index (κ2) is 5.13. The van der Waals surface area contributed by atoms with E-state index in [1.165, 1.54) is 16.9 Å². The van der Waals surface area contributed by atoms with E-state index in [4.69, 9.17) is 5.73 Å². The van der Waals surface area contributed by atoms with Gasteiger partial charge in [-0.15, -0.1) is 0 Å². The standard InChI is InChI=1S/C10H15N5O3/c11-5-8(7-1-2-7)12-10(16)6-14-4-3-9(13-14)15(17)18/h3-4,7-8H,1-2,5-6,11H2,(H,12,16). The highest BCUT2D eigenvalue weighted by atomic mass is 16.6. The van der Waals surface area contributed by atoms with Crippen LogP contribution in [-0.2, 0) is 11.3 Å². The normalized spacial score (nSPS) is 16.3. The lowest BCUT2D eigenvalue weighted by atomic mass is 10.2. The Morgan fingerprint density at radius 3 is 2.94 bits per heavy atom. The van der Waals surface area contributed by atoms with Crippen molar-refractivity contribution in [1.29, 1.82) is 0 Å². The quantitative estimate of drug-likeness (QED) is 0.530. The van der Waals surface area contributed by atoms with Gasteiger partial charge < -0.3 is 21.2 Å². The van der Waals surface area contributed by atoms with E-state index >= 15 is 0 Å². The molecule has 1 fully saturated rings. The summed E-state index contributed by atoms with van der Waals surface area (Å²) in [4.78, 5) is 21.5. The molecular formula is C10H15N5O3. The molecule has 1 aliphatic carbocycles. The number of nitrogens with one attached hydrogen (secondary N) is 1. The van der Waals surface area contributed by atoms with Crippen LogP contribution in [-0.4, -0.2) is 33.2 Å². The topological polar surface area (TPSA) is 116 Å². The van der Waals surface area contributed by atoms with E-state index < -0.39 is 4.92 Å². The predicted octanol–water partition coefficient (Wildman–Crippen LogP) is -0.355. The lowest BCUT2D eigenvalue weighted by Gasteiger charge is -2.15. The molecule has 0 saturated heterocycles. The number of carbonyl (C=O) groups is 1. The van der Waals surface area contributed by atoms with Gasteiger partial charge in [-0.1, -0.05) is 0 Å². The fourth-order valence-corrected chi connectivity index (χ4v) is 1.80. The van der Waals surface area contributed by atoms with Gasteiger partial charge in [0, 0.05) is 12.6 Å². The van der Waals surface area contributed by atoms with Crippen LogP contribution in [0.15, 0.2) is 12.3 Å². The second-order valence-corrected chi connectivity index (χ2v) is 4.38. The highest BCUT2D eigenvalue weighted by molar-refractivity contribution is 5.76. The van der Waals surface area contributed by atoms with E-state index in [9.17, 15) is 14.9 Å². The molecule has 1 saturated carbocycles. The molecule has 2 rings (SSSR count). The first-order valence-corrected chi connectivity index (χ1v) is 5.77. The van der Waals surface area contributed by atoms with Crippen LogP contribution >= 0.6 is 0 Å². The maximum Gasteiger partial charge on any atom is 0.389 e. The largest absolute Gasteiger partial charge is 0.389 e. The zero-order valence-corrected chi connectivity index (χ0v) is 9.78. The SMILES string of the molecule is NCC(NC(=O)Cn1ccc([N+](=O)[O-])n1)C1CC1. The van der Waals surface area contributed by atoms with Gasteiger partial charge in [-0.2, -0.15) is 4.68 Å². The molecule has 18 heavy (non-hydrogen) atoms. The van der Waals surface area contributed by atoms with Gasteiger partial charge in [0.2, 0.25) is 5.91 Å². The van der Waals surface area contributed by atoms with Crippen LogP contribution in [0.1, 0.15) is 12.8 Å². The first-order chi connectivity index (χ1) is 8.60. The summed E-state index contributed by atoms with van der Waals surface area (Å²) in [6, 6.07) is 1.26. The third-order valence-corrected chi connectivity index (χ3v) is 2.91. The highest BCUT2D eigenvalue weighted by Crippen LogP contribution is 2.32. The Kier molecular flexibility index (Phi) is 3.56. The first-order valence-electron chi connectivity index (χ1n) is 5.77. The van der Waals surface area contributed by atoms with Gasteiger partial charge in [-0.05, 0) is 23.7 Å². The average Bonchev–Trinajstić information content (AvgIpc) is 3.06. The molecule has 0 bridgehead atoms. The van der Waals surface area contributed by atoms with E-state index in [0.717, 1.165) is 12.8 Å². The highest BCUT2D eigenvalue weighted by Gasteiger charge is 2.31. The van der Waals surface area contributed by atoms with Crippen LogP contribution in [0.2, 0.25) is 0 Å². The Balaban J connectivity index is 1.87. The molecule has 0 radical (unpaired) electrons. The fraction of sp³-hybridized carbons (Fsp3) is 0.600. The second-order valence-electron chi connectivity index (χ2n) is 4.38. The van der Waals surface area contributed by atoms with Crippen molar-refractivity contribution in [2.45, 2.75) is 25.4 Å². The molecule has 1 aromatic heterocycles. The van der Waals surface area contributed by atoms with Gasteiger partial charge in [-0.3, -0.25) is 4.79 Å². The minimum absolute atomic E-state index is 0.00282. The van der Waals surface area contributed by atoms with Gasteiger partial charge in [0.05, 0.1) is 17.4 Å². The molecule has 0 aliphatic heterocycles. The van der Waals surface area contributed by atoms with Crippen LogP contribution in [0.4, 0.5) is 5.82 Å². The number of nitrogens with zero attached hydrogens (tertiary/aromatic N) is 3. The smallest absolute Gasteiger partial charge is 0.358 e. The maximum absolute atomic E-state index is 11.7. The van der Waals surface area contributed by atoms with Gasteiger partial charge in [0.25, 0.3) is 0 Å². The van der Waals surface area contributed by atoms with Crippen LogP contribution in [0.25, 0.3) is 0 Å². The number of hydrogen-bond acceptors (Lipinski definition) is 5. The van der Waals surface area contributed by atoms with Gasteiger partial charge in [0.1, 0.15) is 6.54 Å². The van der Waals surface area contributed by atoms with Crippen molar-refractivity contribution in [3.63, 3.8) is 0 Å². The number of nitro groups is 1. The molecule has 3 N–H and O–H groups in total. The van der Waals surface area contributed by atoms with Crippen molar-refractivity contribution in [2.75, 3.05) is 6.54 Å². The van der Waals surface area contributed by atoms with Gasteiger partial charge in [-0.25, -0.2) is 0 Å². The number of hydrogen-bond donors (Lipinski definition) is 2. The van der Waals surface area contributed by atoms with E-state index in [-0.39, 0.29) is 24.3 Å². The summed E-state index contributed by atoms with van der Waals surface area (Å²) >= 11 is 0. The predicted molar refractivity (Wildman–Crippen MR) is 62.6 cm³/mol. The van der Waals surface area contributed by atoms with Crippen molar-refractivity contribution in [1.82, 2.24) is 15.1 Å². The summed E-state index contributed by atoms with van der Waals surface area (Å²) < 4.78 is 1.24. The summed E-state index contributed by atoms with van der Waals surface area (Å²) in [7, 11) is 0. The summed E-state index contributed by atoms with van der Waals surface area (Å²) in [5, 5.41) is 16.9. The summed E-state index contributed by atoms with van der Waals surface area (Å²) in [6.07, 6.45) is 3.59. The first kappa shape index (κ1) is 12.5. The lowest BCUT2D eigenvalue weighted by molar-refractivity contribution is -0.389. The fourth-order valence-electron chi connectivity index (χ4n) is 1.80. The number of carbonyl (C=O) groups excluding carboxylic acids is 1. The molecule has 0 aromatic carbocycles. The van der Waals surface area contributed by atoms with E-state index in [2.05, 4.69) is 10.4 Å². The molecule has 1 aliphatic rings. The van der Waals surface area contributed by atoms with Crippen molar-refractivity contribution < 1.29 is 9.72 Å². The monoisotopic (exact) mass is 253 g/mol. The van der Waals surface area contributed by atoms with E-state index in [0.29, 0.717) is 12.5 Å². The number of nitrogens with two attached hydrogens (primary N) is 1. The van der Waals surface area contributed by atoms with Crippen LogP contribution in [0.3, 0.4) is 0 Å². The Morgan fingerprint density at radius 2 is 2.44 bits per heavy atom. The van der Waals surface area contributed by atoms with Crippen LogP contribution in [0, 0.1) is 16.0 Å². The average molecular weight is 253 g/mol. The van der Waals surface area contributed by atoms with Crippen molar-refractivity contribution in [3.05, 3.63) is 22.4 Å². The number of rotatable bonds is 6. The van der Waals surface area contributed by atoms with Crippen molar-refractivity contribution >= 4 is 11.7 Å². The Labute approximate surface area is 103 Å². The molecule has 1 heterocycles. The minimum atomic E-state index is -0.596. The minimum Gasteiger partial charge on any atom is -0.358 e. The third kappa shape index (κ3) is 3.04. The Bertz CT molecular complexity index is 454. The zero-order valence-electron chi connectivity index (χ0n) is 9.78. The molecular weight excluding hydrogens is 238 g/mol. The molecule has 1 unspecified atom stereocenters. The molecule has 98 valence electrons. The molecule has 0 spiro atoms. The molecule has 1 aromatic rings. The summed E-state index contributed by atoms with van der Waals surface area (Å²) in [5.74, 6) is -0.0124. The number of aromatic nitrogens is 2. The van der Waals surface area contributed by atoms with E-state index in [1.54, 1.807) is 0 Å².